The molecule has 3 unspecified atom stereocenters. The van der Waals surface area contributed by atoms with Crippen LogP contribution in [0, 0.1) is 0 Å². The van der Waals surface area contributed by atoms with E-state index in [0.717, 1.165) is 6.04 Å². The lowest BCUT2D eigenvalue weighted by Crippen LogP contribution is -2.40. The van der Waals surface area contributed by atoms with Crippen LogP contribution in [0.4, 0.5) is 0 Å². The molecule has 0 amide bonds. The van der Waals surface area contributed by atoms with Gasteiger partial charge in [-0.3, -0.25) is 0 Å². The number of hydrogen-bond acceptors (Lipinski definition) is 2. The normalized spacial score (nSPS) is 41.7. The highest BCUT2D eigenvalue weighted by molar-refractivity contribution is 5.01. The highest BCUT2D eigenvalue weighted by atomic mass is 16.3. The first kappa shape index (κ1) is 7.53. The van der Waals surface area contributed by atoms with Gasteiger partial charge in [-0.2, -0.15) is 0 Å². The molecule has 1 radical (unpaired) electrons. The maximum absolute atomic E-state index is 10.2. The molecule has 2 bridgehead atoms. The Balaban J connectivity index is 1.78. The van der Waals surface area contributed by atoms with Gasteiger partial charge in [-0.05, 0) is 19.3 Å². The van der Waals surface area contributed by atoms with Crippen molar-refractivity contribution in [2.75, 3.05) is 13.2 Å². The van der Waals surface area contributed by atoms with Crippen LogP contribution in [0.3, 0.4) is 0 Å². The molecular formula is C8H15N2O. The van der Waals surface area contributed by atoms with Gasteiger partial charge >= 0.3 is 0 Å². The molecule has 0 saturated carbocycles. The molecule has 2 aliphatic heterocycles. The molecule has 3 atom stereocenters. The zero-order valence-corrected chi connectivity index (χ0v) is 6.68. The average Bonchev–Trinajstić information content (AvgIpc) is 2.60. The average molecular weight is 155 g/mol. The van der Waals surface area contributed by atoms with E-state index in [1.165, 1.54) is 19.3 Å². The first-order chi connectivity index (χ1) is 5.40. The lowest BCUT2D eigenvalue weighted by molar-refractivity contribution is 0.188. The fourth-order valence-electron chi connectivity index (χ4n) is 2.29. The minimum Gasteiger partial charge on any atom is -0.310 e. The van der Waals surface area contributed by atoms with E-state index in [1.54, 1.807) is 0 Å². The number of fused-ring (bicyclic) bond motifs is 2. The Bertz CT molecular complexity index is 140. The number of nitrogens with one attached hydrogen (secondary N) is 2. The molecule has 2 rings (SSSR count). The fourth-order valence-corrected chi connectivity index (χ4v) is 2.29. The third kappa shape index (κ3) is 1.41. The summed E-state index contributed by atoms with van der Waals surface area (Å²) >= 11 is 0. The molecule has 11 heavy (non-hydrogen) atoms. The van der Waals surface area contributed by atoms with E-state index < -0.39 is 0 Å². The van der Waals surface area contributed by atoms with E-state index in [4.69, 9.17) is 0 Å². The summed E-state index contributed by atoms with van der Waals surface area (Å²) in [6.07, 6.45) is 3.85. The van der Waals surface area contributed by atoms with Crippen LogP contribution >= 0.6 is 0 Å². The minimum absolute atomic E-state index is 0.00782. The number of rotatable bonds is 3. The zero-order valence-electron chi connectivity index (χ0n) is 6.68. The highest BCUT2D eigenvalue weighted by Gasteiger charge is 2.38. The molecule has 3 nitrogen and oxygen atoms in total. The maximum Gasteiger partial charge on any atom is 0.0946 e. The summed E-state index contributed by atoms with van der Waals surface area (Å²) in [5, 5.41) is 17.0. The summed E-state index contributed by atoms with van der Waals surface area (Å²) < 4.78 is 0. The van der Waals surface area contributed by atoms with E-state index in [1.807, 2.05) is 0 Å². The van der Waals surface area contributed by atoms with Crippen LogP contribution in [0.5, 0.6) is 0 Å². The highest BCUT2D eigenvalue weighted by Crippen LogP contribution is 2.27. The van der Waals surface area contributed by atoms with E-state index in [9.17, 15) is 5.11 Å². The Kier molecular flexibility index (Phi) is 2.11. The van der Waals surface area contributed by atoms with Gasteiger partial charge in [0, 0.05) is 24.7 Å². The summed E-state index contributed by atoms with van der Waals surface area (Å²) in [4.78, 5) is 0. The molecule has 2 N–H and O–H groups in total. The summed E-state index contributed by atoms with van der Waals surface area (Å²) in [5.41, 5.74) is 0. The summed E-state index contributed by atoms with van der Waals surface area (Å²) in [6, 6.07) is 1.98. The van der Waals surface area contributed by atoms with Gasteiger partial charge in [0.1, 0.15) is 0 Å². The van der Waals surface area contributed by atoms with Gasteiger partial charge in [-0.1, -0.05) is 0 Å². The van der Waals surface area contributed by atoms with Gasteiger partial charge in [0.25, 0.3) is 0 Å². The second-order valence-corrected chi connectivity index (χ2v) is 3.55. The van der Waals surface area contributed by atoms with Gasteiger partial charge in [-0.25, -0.2) is 5.11 Å². The largest absolute Gasteiger partial charge is 0.310 e. The standard InChI is InChI=1S/C8H15N2O/c11-4-3-9-8-5-6-1-2-7(8)10-6/h6-10H,1-5H2. The van der Waals surface area contributed by atoms with E-state index in [2.05, 4.69) is 10.6 Å². The first-order valence-corrected chi connectivity index (χ1v) is 4.47. The fraction of sp³-hybridized carbons (Fsp3) is 1.00. The lowest BCUT2D eigenvalue weighted by atomic mass is 9.95. The topological polar surface area (TPSA) is 44.0 Å². The molecule has 63 valence electrons. The van der Waals surface area contributed by atoms with Gasteiger partial charge in [0.2, 0.25) is 0 Å². The molecule has 2 saturated heterocycles. The summed E-state index contributed by atoms with van der Waals surface area (Å²) in [7, 11) is 0. The Labute approximate surface area is 67.2 Å². The smallest absolute Gasteiger partial charge is 0.0946 e. The van der Waals surface area contributed by atoms with Crippen LogP contribution in [-0.4, -0.2) is 31.3 Å². The SMILES string of the molecule is [O]CCNC1CC2CCC1N2. The zero-order chi connectivity index (χ0) is 7.68. The second kappa shape index (κ2) is 3.09. The van der Waals surface area contributed by atoms with Crippen molar-refractivity contribution >= 4 is 0 Å². The van der Waals surface area contributed by atoms with Crippen molar-refractivity contribution in [2.45, 2.75) is 37.4 Å². The molecule has 0 spiro atoms. The van der Waals surface area contributed by atoms with E-state index in [-0.39, 0.29) is 6.61 Å². The van der Waals surface area contributed by atoms with Crippen molar-refractivity contribution in [3.63, 3.8) is 0 Å². The van der Waals surface area contributed by atoms with E-state index >= 15 is 0 Å². The van der Waals surface area contributed by atoms with Crippen molar-refractivity contribution in [1.82, 2.24) is 10.6 Å². The van der Waals surface area contributed by atoms with Gasteiger partial charge in [-0.15, -0.1) is 0 Å². The Hall–Kier alpha value is -0.120. The predicted octanol–water partition coefficient (Wildman–Crippen LogP) is -0.101. The van der Waals surface area contributed by atoms with Gasteiger partial charge < -0.3 is 10.6 Å². The molecule has 0 aromatic carbocycles. The lowest BCUT2D eigenvalue weighted by Gasteiger charge is -2.20. The number of hydrogen-bond donors (Lipinski definition) is 2. The van der Waals surface area contributed by atoms with Crippen molar-refractivity contribution in [3.8, 4) is 0 Å². The molecular weight excluding hydrogens is 140 g/mol. The predicted molar refractivity (Wildman–Crippen MR) is 41.9 cm³/mol. The molecule has 2 fully saturated rings. The van der Waals surface area contributed by atoms with Gasteiger partial charge in [0.15, 0.2) is 0 Å². The van der Waals surface area contributed by atoms with Crippen LogP contribution in [0.1, 0.15) is 19.3 Å². The van der Waals surface area contributed by atoms with Gasteiger partial charge in [0.05, 0.1) is 6.61 Å². The van der Waals surface area contributed by atoms with Crippen LogP contribution in [0.15, 0.2) is 0 Å². The van der Waals surface area contributed by atoms with Crippen molar-refractivity contribution in [3.05, 3.63) is 0 Å². The first-order valence-electron chi connectivity index (χ1n) is 4.47. The quantitative estimate of drug-likeness (QED) is 0.597. The van der Waals surface area contributed by atoms with Crippen LogP contribution in [0.2, 0.25) is 0 Å². The van der Waals surface area contributed by atoms with Crippen molar-refractivity contribution < 1.29 is 5.11 Å². The molecule has 0 aliphatic carbocycles. The Morgan fingerprint density at radius 1 is 1.45 bits per heavy atom. The molecule has 2 heterocycles. The Morgan fingerprint density at radius 3 is 2.91 bits per heavy atom. The summed E-state index contributed by atoms with van der Waals surface area (Å²) in [6.45, 7) is 0.642. The van der Waals surface area contributed by atoms with E-state index in [0.29, 0.717) is 18.6 Å². The monoisotopic (exact) mass is 155 g/mol. The van der Waals surface area contributed by atoms with Crippen molar-refractivity contribution in [1.29, 1.82) is 0 Å². The van der Waals surface area contributed by atoms with Crippen LogP contribution in [-0.2, 0) is 5.11 Å². The molecule has 3 heteroatoms. The third-order valence-corrected chi connectivity index (χ3v) is 2.81. The third-order valence-electron chi connectivity index (χ3n) is 2.81. The molecule has 2 aliphatic rings. The maximum atomic E-state index is 10.2. The summed E-state index contributed by atoms with van der Waals surface area (Å²) in [5.74, 6) is 0. The minimum atomic E-state index is 0.00782. The van der Waals surface area contributed by atoms with Crippen molar-refractivity contribution in [2.24, 2.45) is 0 Å². The molecule has 0 aromatic heterocycles. The molecule has 0 aromatic rings. The second-order valence-electron chi connectivity index (χ2n) is 3.55. The van der Waals surface area contributed by atoms with Crippen LogP contribution in [0.25, 0.3) is 0 Å². The Morgan fingerprint density at radius 2 is 2.36 bits per heavy atom. The van der Waals surface area contributed by atoms with Crippen LogP contribution < -0.4 is 10.6 Å².